The van der Waals surface area contributed by atoms with E-state index in [2.05, 4.69) is 16.4 Å². The van der Waals surface area contributed by atoms with Gasteiger partial charge in [-0.15, -0.1) is 0 Å². The van der Waals surface area contributed by atoms with Crippen LogP contribution in [-0.2, 0) is 16.0 Å². The van der Waals surface area contributed by atoms with Crippen molar-refractivity contribution in [2.24, 2.45) is 0 Å². The van der Waals surface area contributed by atoms with Crippen LogP contribution in [0.1, 0.15) is 55.0 Å². The number of carbonyl (C=O) groups is 1. The van der Waals surface area contributed by atoms with Crippen LogP contribution in [0.5, 0.6) is 5.88 Å². The van der Waals surface area contributed by atoms with Crippen molar-refractivity contribution in [3.63, 3.8) is 0 Å². The van der Waals surface area contributed by atoms with E-state index in [1.54, 1.807) is 13.0 Å². The summed E-state index contributed by atoms with van der Waals surface area (Å²) in [6.45, 7) is 6.28. The maximum Gasteiger partial charge on any atom is 0.230 e. The molecule has 4 heterocycles. The first-order valence-corrected chi connectivity index (χ1v) is 13.3. The number of fused-ring (bicyclic) bond motifs is 1. The van der Waals surface area contributed by atoms with Crippen molar-refractivity contribution in [3.05, 3.63) is 70.8 Å². The van der Waals surface area contributed by atoms with Crippen LogP contribution in [0.15, 0.2) is 42.6 Å². The van der Waals surface area contributed by atoms with E-state index in [1.807, 2.05) is 30.0 Å². The molecule has 0 radical (unpaired) electrons. The van der Waals surface area contributed by atoms with Crippen LogP contribution in [0.4, 0.5) is 10.2 Å². The molecule has 0 aliphatic carbocycles. The fourth-order valence-corrected chi connectivity index (χ4v) is 5.62. The number of amides is 1. The van der Waals surface area contributed by atoms with Gasteiger partial charge in [0, 0.05) is 48.5 Å². The van der Waals surface area contributed by atoms with Gasteiger partial charge in [0.1, 0.15) is 11.6 Å². The van der Waals surface area contributed by atoms with Crippen molar-refractivity contribution in [2.75, 3.05) is 25.5 Å². The SMILES string of the molecule is COc1cc([C@@H](C)C(=O)N2CC[C@@]3(CCc4cc(-c5cccc(C(=N)OC(C)=N)c5)c(C)nc4N3)C2)c(F)cn1. The fraction of sp³-hybridized carbons (Fsp3) is 0.367. The highest BCUT2D eigenvalue weighted by Gasteiger charge is 2.43. The van der Waals surface area contributed by atoms with Crippen LogP contribution in [0.3, 0.4) is 0 Å². The highest BCUT2D eigenvalue weighted by molar-refractivity contribution is 5.99. The first-order chi connectivity index (χ1) is 19.1. The normalized spacial score (nSPS) is 18.6. The van der Waals surface area contributed by atoms with Crippen molar-refractivity contribution < 1.29 is 18.7 Å². The number of hydrogen-bond acceptors (Lipinski definition) is 8. The average molecular weight is 545 g/mol. The van der Waals surface area contributed by atoms with E-state index in [9.17, 15) is 9.18 Å². The van der Waals surface area contributed by atoms with Gasteiger partial charge >= 0.3 is 0 Å². The zero-order chi connectivity index (χ0) is 28.6. The Kier molecular flexibility index (Phi) is 7.27. The summed E-state index contributed by atoms with van der Waals surface area (Å²) in [4.78, 5) is 24.0. The predicted molar refractivity (Wildman–Crippen MR) is 151 cm³/mol. The first kappa shape index (κ1) is 27.2. The Morgan fingerprint density at radius 1 is 1.23 bits per heavy atom. The average Bonchev–Trinajstić information content (AvgIpc) is 3.34. The molecule has 1 aromatic carbocycles. The summed E-state index contributed by atoms with van der Waals surface area (Å²) in [7, 11) is 1.46. The summed E-state index contributed by atoms with van der Waals surface area (Å²) in [6.07, 6.45) is 3.53. The molecule has 5 rings (SSSR count). The third-order valence-corrected chi connectivity index (χ3v) is 7.81. The Bertz CT molecular complexity index is 1510. The van der Waals surface area contributed by atoms with Gasteiger partial charge in [-0.2, -0.15) is 0 Å². The number of rotatable bonds is 5. The second-order valence-electron chi connectivity index (χ2n) is 10.6. The van der Waals surface area contributed by atoms with Crippen molar-refractivity contribution in [2.45, 2.75) is 51.5 Å². The Morgan fingerprint density at radius 3 is 2.77 bits per heavy atom. The number of nitrogens with one attached hydrogen (secondary N) is 3. The van der Waals surface area contributed by atoms with Gasteiger partial charge < -0.3 is 19.7 Å². The minimum Gasteiger partial charge on any atom is -0.481 e. The molecule has 0 saturated carbocycles. The zero-order valence-electron chi connectivity index (χ0n) is 23.1. The third kappa shape index (κ3) is 5.25. The number of methoxy groups -OCH3 is 1. The number of nitrogens with zero attached hydrogens (tertiary/aromatic N) is 3. The Hall–Kier alpha value is -4.34. The van der Waals surface area contributed by atoms with Gasteiger partial charge in [0.05, 0.1) is 24.8 Å². The molecule has 0 bridgehead atoms. The van der Waals surface area contributed by atoms with E-state index < -0.39 is 11.7 Å². The van der Waals surface area contributed by atoms with E-state index >= 15 is 0 Å². The van der Waals surface area contributed by atoms with Crippen LogP contribution in [0.2, 0.25) is 0 Å². The van der Waals surface area contributed by atoms with Crippen molar-refractivity contribution in [1.82, 2.24) is 14.9 Å². The molecule has 9 nitrogen and oxygen atoms in total. The Labute approximate surface area is 232 Å². The lowest BCUT2D eigenvalue weighted by molar-refractivity contribution is -0.131. The molecule has 208 valence electrons. The maximum atomic E-state index is 14.5. The van der Waals surface area contributed by atoms with Crippen LogP contribution in [0, 0.1) is 23.6 Å². The molecule has 2 aliphatic rings. The number of likely N-dealkylation sites (tertiary alicyclic amines) is 1. The number of halogens is 1. The molecule has 2 aliphatic heterocycles. The first-order valence-electron chi connectivity index (χ1n) is 13.3. The summed E-state index contributed by atoms with van der Waals surface area (Å²) in [6, 6.07) is 11.1. The molecule has 1 fully saturated rings. The number of benzene rings is 1. The van der Waals surface area contributed by atoms with E-state index in [0.29, 0.717) is 18.7 Å². The summed E-state index contributed by atoms with van der Waals surface area (Å²) < 4.78 is 24.8. The smallest absolute Gasteiger partial charge is 0.230 e. The number of aromatic nitrogens is 2. The van der Waals surface area contributed by atoms with Gasteiger partial charge in [-0.3, -0.25) is 15.6 Å². The molecule has 1 spiro atoms. The summed E-state index contributed by atoms with van der Waals surface area (Å²) in [5.74, 6) is -0.294. The molecule has 1 saturated heterocycles. The standard InChI is InChI=1S/C30H33FN6O3/c1-17(23-14-26(39-4)34-15-25(23)31)29(38)37-11-10-30(16-37)9-8-22-13-24(18(2)35-28(22)36-30)20-6-5-7-21(12-20)27(33)40-19(3)32/h5-7,12-15,17,32-33H,8-11,16H2,1-4H3,(H,35,36)/t17-,30+/m1/s1. The van der Waals surface area contributed by atoms with Gasteiger partial charge in [-0.1, -0.05) is 12.1 Å². The zero-order valence-corrected chi connectivity index (χ0v) is 23.1. The van der Waals surface area contributed by atoms with E-state index in [1.165, 1.54) is 20.1 Å². The lowest BCUT2D eigenvalue weighted by Crippen LogP contribution is -2.46. The minimum atomic E-state index is -0.656. The number of carbonyl (C=O) groups excluding carboxylic acids is 1. The number of ether oxygens (including phenoxy) is 2. The van der Waals surface area contributed by atoms with Crippen LogP contribution < -0.4 is 10.1 Å². The van der Waals surface area contributed by atoms with Gasteiger partial charge in [0.15, 0.2) is 5.90 Å². The van der Waals surface area contributed by atoms with Gasteiger partial charge in [0.25, 0.3) is 0 Å². The topological polar surface area (TPSA) is 124 Å². The summed E-state index contributed by atoms with van der Waals surface area (Å²) in [5, 5.41) is 19.3. The fourth-order valence-electron chi connectivity index (χ4n) is 5.62. The number of anilines is 1. The lowest BCUT2D eigenvalue weighted by Gasteiger charge is -2.36. The molecule has 10 heteroatoms. The number of aryl methyl sites for hydroxylation is 2. The third-order valence-electron chi connectivity index (χ3n) is 7.81. The molecular formula is C30H33FN6O3. The van der Waals surface area contributed by atoms with Crippen LogP contribution in [0.25, 0.3) is 11.1 Å². The van der Waals surface area contributed by atoms with E-state index in [4.69, 9.17) is 25.3 Å². The van der Waals surface area contributed by atoms with Gasteiger partial charge in [-0.05, 0) is 62.4 Å². The van der Waals surface area contributed by atoms with Crippen LogP contribution in [-0.4, -0.2) is 58.3 Å². The van der Waals surface area contributed by atoms with Crippen LogP contribution >= 0.6 is 0 Å². The van der Waals surface area contributed by atoms with Gasteiger partial charge in [-0.25, -0.2) is 14.4 Å². The number of hydrogen-bond donors (Lipinski definition) is 3. The Morgan fingerprint density at radius 2 is 2.02 bits per heavy atom. The summed E-state index contributed by atoms with van der Waals surface area (Å²) in [5.41, 5.74) is 4.43. The van der Waals surface area contributed by atoms with Crippen molar-refractivity contribution in [3.8, 4) is 17.0 Å². The molecule has 0 unspecified atom stereocenters. The molecule has 40 heavy (non-hydrogen) atoms. The molecular weight excluding hydrogens is 511 g/mol. The molecule has 3 N–H and O–H groups in total. The predicted octanol–water partition coefficient (Wildman–Crippen LogP) is 5.07. The van der Waals surface area contributed by atoms with Crippen molar-refractivity contribution >= 4 is 23.5 Å². The molecule has 1 amide bonds. The monoisotopic (exact) mass is 544 g/mol. The maximum absolute atomic E-state index is 14.5. The summed E-state index contributed by atoms with van der Waals surface area (Å²) >= 11 is 0. The second kappa shape index (κ2) is 10.7. The number of pyridine rings is 2. The molecule has 2 atom stereocenters. The molecule has 2 aromatic heterocycles. The minimum absolute atomic E-state index is 0.0339. The largest absolute Gasteiger partial charge is 0.481 e. The van der Waals surface area contributed by atoms with E-state index in [-0.39, 0.29) is 34.7 Å². The van der Waals surface area contributed by atoms with Crippen molar-refractivity contribution in [1.29, 1.82) is 10.8 Å². The Balaban J connectivity index is 1.33. The molecule has 3 aromatic rings. The quantitative estimate of drug-likeness (QED) is 0.304. The van der Waals surface area contributed by atoms with E-state index in [0.717, 1.165) is 53.7 Å². The highest BCUT2D eigenvalue weighted by Crippen LogP contribution is 2.39. The van der Waals surface area contributed by atoms with Gasteiger partial charge in [0.2, 0.25) is 17.7 Å². The highest BCUT2D eigenvalue weighted by atomic mass is 19.1. The second-order valence-corrected chi connectivity index (χ2v) is 10.6. The lowest BCUT2D eigenvalue weighted by atomic mass is 9.85.